The van der Waals surface area contributed by atoms with Gasteiger partial charge in [0.15, 0.2) is 0 Å². The topological polar surface area (TPSA) is 93.5 Å². The Morgan fingerprint density at radius 3 is 2.69 bits per heavy atom. The molecule has 136 valence electrons. The molecule has 0 fully saturated rings. The van der Waals surface area contributed by atoms with E-state index in [2.05, 4.69) is 17.6 Å². The fourth-order valence-electron chi connectivity index (χ4n) is 3.02. The van der Waals surface area contributed by atoms with Crippen molar-refractivity contribution < 1.29 is 14.5 Å². The molecule has 0 aromatic heterocycles. The molecule has 1 aliphatic rings. The lowest BCUT2D eigenvalue weighted by Gasteiger charge is -2.11. The van der Waals surface area contributed by atoms with Crippen LogP contribution in [0.3, 0.4) is 0 Å². The molecule has 0 aliphatic carbocycles. The van der Waals surface area contributed by atoms with Gasteiger partial charge in [-0.25, -0.2) is 0 Å². The Morgan fingerprint density at radius 2 is 1.92 bits per heavy atom. The molecule has 7 heteroatoms. The molecule has 3 rings (SSSR count). The highest BCUT2D eigenvalue weighted by Crippen LogP contribution is 2.40. The van der Waals surface area contributed by atoms with Crippen molar-refractivity contribution in [2.75, 3.05) is 18.4 Å². The quantitative estimate of drug-likeness (QED) is 0.471. The molecule has 1 heterocycles. The third-order valence-electron chi connectivity index (χ3n) is 4.62. The number of nitrogens with zero attached hydrogens (tertiary/aromatic N) is 1. The van der Waals surface area contributed by atoms with Crippen molar-refractivity contribution in [3.05, 3.63) is 63.7 Å². The standard InChI is InChI=1S/C19H21N3O4/c1-12-13(2)26-18-14(12)6-5-7-15(18)19(23)21-11-10-20-16-8-3-4-9-17(16)22(24)25/h3-9,12-13,20H,10-11H2,1-2H3,(H,21,23). The number of anilines is 1. The minimum atomic E-state index is -0.437. The summed E-state index contributed by atoms with van der Waals surface area (Å²) in [5, 5.41) is 16.8. The molecule has 2 unspecified atom stereocenters. The summed E-state index contributed by atoms with van der Waals surface area (Å²) in [6.07, 6.45) is 0.0410. The lowest BCUT2D eigenvalue weighted by atomic mass is 9.97. The summed E-state index contributed by atoms with van der Waals surface area (Å²) in [7, 11) is 0. The number of nitrogens with one attached hydrogen (secondary N) is 2. The van der Waals surface area contributed by atoms with E-state index in [9.17, 15) is 14.9 Å². The van der Waals surface area contributed by atoms with Crippen LogP contribution in [0.15, 0.2) is 42.5 Å². The van der Waals surface area contributed by atoms with Gasteiger partial charge in [0.1, 0.15) is 17.5 Å². The second-order valence-electron chi connectivity index (χ2n) is 6.29. The predicted molar refractivity (Wildman–Crippen MR) is 98.9 cm³/mol. The van der Waals surface area contributed by atoms with Crippen molar-refractivity contribution in [2.24, 2.45) is 0 Å². The number of benzene rings is 2. The molecule has 26 heavy (non-hydrogen) atoms. The minimum absolute atomic E-state index is 0.0103. The number of amides is 1. The van der Waals surface area contributed by atoms with Crippen molar-refractivity contribution in [3.63, 3.8) is 0 Å². The third kappa shape index (κ3) is 3.46. The van der Waals surface area contributed by atoms with Crippen molar-refractivity contribution in [1.82, 2.24) is 5.32 Å². The van der Waals surface area contributed by atoms with E-state index >= 15 is 0 Å². The van der Waals surface area contributed by atoms with Crippen LogP contribution in [0.4, 0.5) is 11.4 Å². The van der Waals surface area contributed by atoms with Gasteiger partial charge in [-0.15, -0.1) is 0 Å². The van der Waals surface area contributed by atoms with Crippen molar-refractivity contribution in [3.8, 4) is 5.75 Å². The number of para-hydroxylation sites is 3. The maximum absolute atomic E-state index is 12.5. The average Bonchev–Trinajstić information content (AvgIpc) is 2.93. The normalized spacial score (nSPS) is 17.9. The summed E-state index contributed by atoms with van der Waals surface area (Å²) < 4.78 is 5.84. The Hall–Kier alpha value is -3.09. The molecule has 0 saturated carbocycles. The second kappa shape index (κ2) is 7.43. The van der Waals surface area contributed by atoms with Crippen LogP contribution < -0.4 is 15.4 Å². The Bertz CT molecular complexity index is 837. The van der Waals surface area contributed by atoms with Crippen LogP contribution >= 0.6 is 0 Å². The van der Waals surface area contributed by atoms with Crippen molar-refractivity contribution >= 4 is 17.3 Å². The number of nitro groups is 1. The van der Waals surface area contributed by atoms with E-state index in [4.69, 9.17) is 4.74 Å². The molecule has 1 aliphatic heterocycles. The average molecular weight is 355 g/mol. The molecule has 2 aromatic carbocycles. The molecular weight excluding hydrogens is 334 g/mol. The van der Waals surface area contributed by atoms with E-state index in [-0.39, 0.29) is 23.6 Å². The maximum Gasteiger partial charge on any atom is 0.292 e. The first-order valence-electron chi connectivity index (χ1n) is 8.54. The van der Waals surface area contributed by atoms with Crippen LogP contribution in [0.5, 0.6) is 5.75 Å². The fourth-order valence-corrected chi connectivity index (χ4v) is 3.02. The van der Waals surface area contributed by atoms with Gasteiger partial charge in [-0.3, -0.25) is 14.9 Å². The minimum Gasteiger partial charge on any atom is -0.489 e. The Morgan fingerprint density at radius 1 is 1.15 bits per heavy atom. The van der Waals surface area contributed by atoms with Gasteiger partial charge >= 0.3 is 0 Å². The number of rotatable bonds is 6. The van der Waals surface area contributed by atoms with E-state index in [1.165, 1.54) is 6.07 Å². The Kier molecular flexibility index (Phi) is 5.06. The highest BCUT2D eigenvalue weighted by Gasteiger charge is 2.30. The summed E-state index contributed by atoms with van der Waals surface area (Å²) in [5.74, 6) is 0.683. The van der Waals surface area contributed by atoms with Gasteiger partial charge in [-0.1, -0.05) is 31.2 Å². The van der Waals surface area contributed by atoms with Gasteiger partial charge in [0.25, 0.3) is 11.6 Å². The Labute approximate surface area is 151 Å². The van der Waals surface area contributed by atoms with E-state index in [0.717, 1.165) is 5.56 Å². The zero-order valence-electron chi connectivity index (χ0n) is 14.7. The van der Waals surface area contributed by atoms with Crippen LogP contribution in [0.1, 0.15) is 35.7 Å². The summed E-state index contributed by atoms with van der Waals surface area (Å²) in [4.78, 5) is 23.0. The van der Waals surface area contributed by atoms with Crippen molar-refractivity contribution in [2.45, 2.75) is 25.9 Å². The lowest BCUT2D eigenvalue weighted by Crippen LogP contribution is -2.29. The second-order valence-corrected chi connectivity index (χ2v) is 6.29. The highest BCUT2D eigenvalue weighted by molar-refractivity contribution is 5.97. The first kappa shape index (κ1) is 17.7. The molecule has 2 atom stereocenters. The lowest BCUT2D eigenvalue weighted by molar-refractivity contribution is -0.384. The van der Waals surface area contributed by atoms with Crippen LogP contribution in [-0.2, 0) is 0 Å². The first-order chi connectivity index (χ1) is 12.5. The van der Waals surface area contributed by atoms with Crippen LogP contribution in [0.2, 0.25) is 0 Å². The van der Waals surface area contributed by atoms with Gasteiger partial charge in [0, 0.05) is 30.6 Å². The van der Waals surface area contributed by atoms with Gasteiger partial charge in [0.2, 0.25) is 0 Å². The smallest absolute Gasteiger partial charge is 0.292 e. The van der Waals surface area contributed by atoms with Crippen LogP contribution in [-0.4, -0.2) is 30.0 Å². The zero-order chi connectivity index (χ0) is 18.7. The molecular formula is C19H21N3O4. The molecule has 2 aromatic rings. The van der Waals surface area contributed by atoms with Crippen molar-refractivity contribution in [1.29, 1.82) is 0 Å². The fraction of sp³-hybridized carbons (Fsp3) is 0.316. The number of hydrogen-bond donors (Lipinski definition) is 2. The number of hydrogen-bond acceptors (Lipinski definition) is 5. The number of carbonyl (C=O) groups excluding carboxylic acids is 1. The number of ether oxygens (including phenoxy) is 1. The molecule has 2 N–H and O–H groups in total. The van der Waals surface area contributed by atoms with Crippen LogP contribution in [0.25, 0.3) is 0 Å². The number of nitro benzene ring substituents is 1. The largest absolute Gasteiger partial charge is 0.489 e. The SMILES string of the molecule is CC1Oc2c(C(=O)NCCNc3ccccc3[N+](=O)[O-])cccc2C1C. The van der Waals surface area contributed by atoms with E-state index in [0.29, 0.717) is 30.1 Å². The third-order valence-corrected chi connectivity index (χ3v) is 4.62. The maximum atomic E-state index is 12.5. The van der Waals surface area contributed by atoms with Gasteiger partial charge in [-0.2, -0.15) is 0 Å². The number of carbonyl (C=O) groups is 1. The van der Waals surface area contributed by atoms with E-state index in [1.54, 1.807) is 24.3 Å². The molecule has 0 radical (unpaired) electrons. The summed E-state index contributed by atoms with van der Waals surface area (Å²) in [5.41, 5.74) is 2.00. The summed E-state index contributed by atoms with van der Waals surface area (Å²) in [6, 6.07) is 12.0. The van der Waals surface area contributed by atoms with Crippen LogP contribution in [0, 0.1) is 10.1 Å². The molecule has 1 amide bonds. The summed E-state index contributed by atoms with van der Waals surface area (Å²) >= 11 is 0. The van der Waals surface area contributed by atoms with E-state index in [1.807, 2.05) is 19.1 Å². The molecule has 0 spiro atoms. The Balaban J connectivity index is 1.59. The van der Waals surface area contributed by atoms with Gasteiger partial charge < -0.3 is 15.4 Å². The van der Waals surface area contributed by atoms with Gasteiger partial charge in [-0.05, 0) is 19.1 Å². The first-order valence-corrected chi connectivity index (χ1v) is 8.54. The molecule has 7 nitrogen and oxygen atoms in total. The zero-order valence-corrected chi connectivity index (χ0v) is 14.7. The monoisotopic (exact) mass is 355 g/mol. The molecule has 0 saturated heterocycles. The summed E-state index contributed by atoms with van der Waals surface area (Å²) in [6.45, 7) is 4.77. The highest BCUT2D eigenvalue weighted by atomic mass is 16.6. The number of fused-ring (bicyclic) bond motifs is 1. The molecule has 0 bridgehead atoms. The van der Waals surface area contributed by atoms with Gasteiger partial charge in [0.05, 0.1) is 10.5 Å². The van der Waals surface area contributed by atoms with E-state index < -0.39 is 4.92 Å². The predicted octanol–water partition coefficient (Wildman–Crippen LogP) is 3.32.